The second-order valence-electron chi connectivity index (χ2n) is 5.08. The molecule has 2 fully saturated rings. The van der Waals surface area contributed by atoms with Crippen LogP contribution in [-0.4, -0.2) is 30.8 Å². The van der Waals surface area contributed by atoms with Crippen LogP contribution in [0.2, 0.25) is 0 Å². The molecule has 2 aliphatic rings. The van der Waals surface area contributed by atoms with Gasteiger partial charge < -0.3 is 9.47 Å². The van der Waals surface area contributed by atoms with E-state index >= 15 is 0 Å². The summed E-state index contributed by atoms with van der Waals surface area (Å²) in [5.74, 6) is 0. The monoisotopic (exact) mass is 246 g/mol. The van der Waals surface area contributed by atoms with Gasteiger partial charge in [-0.3, -0.25) is 0 Å². The third kappa shape index (κ3) is 2.12. The molecule has 3 heteroatoms. The van der Waals surface area contributed by atoms with Crippen molar-refractivity contribution < 1.29 is 9.47 Å². The number of ether oxygens (including phenoxy) is 2. The van der Waals surface area contributed by atoms with E-state index in [0.29, 0.717) is 17.6 Å². The molecule has 94 valence electrons. The van der Waals surface area contributed by atoms with Gasteiger partial charge in [0.1, 0.15) is 0 Å². The fraction of sp³-hybridized carbons (Fsp3) is 1.00. The smallest absolute Gasteiger partial charge is 0.0663 e. The fourth-order valence-electron chi connectivity index (χ4n) is 3.08. The van der Waals surface area contributed by atoms with Gasteiger partial charge in [-0.25, -0.2) is 0 Å². The summed E-state index contributed by atoms with van der Waals surface area (Å²) in [6.45, 7) is 6.18. The maximum absolute atomic E-state index is 6.38. The number of hydrogen-bond acceptors (Lipinski definition) is 2. The molecule has 1 saturated heterocycles. The molecule has 0 amide bonds. The molecule has 2 nitrogen and oxygen atoms in total. The Morgan fingerprint density at radius 2 is 1.88 bits per heavy atom. The van der Waals surface area contributed by atoms with E-state index in [0.717, 1.165) is 45.3 Å². The molecule has 0 aromatic rings. The van der Waals surface area contributed by atoms with Crippen molar-refractivity contribution in [3.8, 4) is 0 Å². The van der Waals surface area contributed by atoms with Crippen LogP contribution in [0.5, 0.6) is 0 Å². The van der Waals surface area contributed by atoms with Gasteiger partial charge in [0.15, 0.2) is 0 Å². The standard InChI is InChI=1S/C13H23ClO2/c1-3-13(4-2)11(14)9-12(13)16-10-5-7-15-8-6-10/h10-12H,3-9H2,1-2H3. The summed E-state index contributed by atoms with van der Waals surface area (Å²) in [5.41, 5.74) is 0.236. The van der Waals surface area contributed by atoms with Gasteiger partial charge in [0, 0.05) is 24.0 Å². The third-order valence-electron chi connectivity index (χ3n) is 4.53. The zero-order valence-corrected chi connectivity index (χ0v) is 11.1. The van der Waals surface area contributed by atoms with Crippen LogP contribution in [-0.2, 0) is 9.47 Å². The van der Waals surface area contributed by atoms with Crippen LogP contribution in [0.3, 0.4) is 0 Å². The largest absolute Gasteiger partial charge is 0.381 e. The van der Waals surface area contributed by atoms with Crippen molar-refractivity contribution in [1.82, 2.24) is 0 Å². The van der Waals surface area contributed by atoms with Gasteiger partial charge >= 0.3 is 0 Å². The van der Waals surface area contributed by atoms with Gasteiger partial charge in [0.05, 0.1) is 12.2 Å². The van der Waals surface area contributed by atoms with Crippen LogP contribution in [0.15, 0.2) is 0 Å². The van der Waals surface area contributed by atoms with Crippen molar-refractivity contribution in [3.05, 3.63) is 0 Å². The second kappa shape index (κ2) is 5.24. The molecule has 1 aliphatic heterocycles. The summed E-state index contributed by atoms with van der Waals surface area (Å²) in [7, 11) is 0. The van der Waals surface area contributed by atoms with Crippen molar-refractivity contribution in [2.45, 2.75) is 63.5 Å². The van der Waals surface area contributed by atoms with Gasteiger partial charge in [-0.15, -0.1) is 11.6 Å². The highest BCUT2D eigenvalue weighted by Crippen LogP contribution is 2.52. The Morgan fingerprint density at radius 1 is 1.25 bits per heavy atom. The zero-order chi connectivity index (χ0) is 11.6. The quantitative estimate of drug-likeness (QED) is 0.709. The lowest BCUT2D eigenvalue weighted by molar-refractivity contribution is -0.161. The molecule has 0 aromatic heterocycles. The molecule has 16 heavy (non-hydrogen) atoms. The molecule has 0 aromatic carbocycles. The first kappa shape index (κ1) is 12.7. The summed E-state index contributed by atoms with van der Waals surface area (Å²) in [5, 5.41) is 0.312. The van der Waals surface area contributed by atoms with Crippen molar-refractivity contribution in [2.75, 3.05) is 13.2 Å². The molecule has 2 rings (SSSR count). The Kier molecular flexibility index (Phi) is 4.15. The van der Waals surface area contributed by atoms with E-state index in [2.05, 4.69) is 13.8 Å². The Morgan fingerprint density at radius 3 is 2.38 bits per heavy atom. The summed E-state index contributed by atoms with van der Waals surface area (Å²) in [6, 6.07) is 0. The van der Waals surface area contributed by atoms with E-state index in [4.69, 9.17) is 21.1 Å². The molecule has 1 aliphatic carbocycles. The van der Waals surface area contributed by atoms with E-state index in [1.54, 1.807) is 0 Å². The van der Waals surface area contributed by atoms with E-state index in [1.807, 2.05) is 0 Å². The summed E-state index contributed by atoms with van der Waals surface area (Å²) in [4.78, 5) is 0. The summed E-state index contributed by atoms with van der Waals surface area (Å²) in [6.07, 6.45) is 6.17. The van der Waals surface area contributed by atoms with Crippen molar-refractivity contribution in [2.24, 2.45) is 5.41 Å². The number of alkyl halides is 1. The Bertz CT molecular complexity index is 222. The fourth-order valence-corrected chi connectivity index (χ4v) is 3.69. The number of hydrogen-bond donors (Lipinski definition) is 0. The maximum atomic E-state index is 6.38. The zero-order valence-electron chi connectivity index (χ0n) is 10.4. The molecule has 0 N–H and O–H groups in total. The molecular weight excluding hydrogens is 224 g/mol. The van der Waals surface area contributed by atoms with Crippen molar-refractivity contribution in [3.63, 3.8) is 0 Å². The van der Waals surface area contributed by atoms with Crippen LogP contribution in [0.25, 0.3) is 0 Å². The van der Waals surface area contributed by atoms with E-state index < -0.39 is 0 Å². The SMILES string of the molecule is CCC1(CC)C(Cl)CC1OC1CCOCC1. The minimum absolute atomic E-state index is 0.236. The molecular formula is C13H23ClO2. The Balaban J connectivity index is 1.89. The normalized spacial score (nSPS) is 34.7. The van der Waals surface area contributed by atoms with Gasteiger partial charge in [-0.05, 0) is 32.1 Å². The number of rotatable bonds is 4. The van der Waals surface area contributed by atoms with Crippen molar-refractivity contribution >= 4 is 11.6 Å². The topological polar surface area (TPSA) is 18.5 Å². The highest BCUT2D eigenvalue weighted by molar-refractivity contribution is 6.21. The molecule has 1 saturated carbocycles. The van der Waals surface area contributed by atoms with Crippen LogP contribution in [0.4, 0.5) is 0 Å². The van der Waals surface area contributed by atoms with E-state index in [-0.39, 0.29) is 5.41 Å². The predicted octanol–water partition coefficient (Wildman–Crippen LogP) is 3.37. The second-order valence-corrected chi connectivity index (χ2v) is 5.61. The maximum Gasteiger partial charge on any atom is 0.0663 e. The predicted molar refractivity (Wildman–Crippen MR) is 66.0 cm³/mol. The molecule has 0 bridgehead atoms. The van der Waals surface area contributed by atoms with E-state index in [1.165, 1.54) is 0 Å². The molecule has 0 spiro atoms. The third-order valence-corrected chi connectivity index (χ3v) is 5.14. The lowest BCUT2D eigenvalue weighted by Gasteiger charge is -2.53. The first-order valence-electron chi connectivity index (χ1n) is 6.60. The average Bonchev–Trinajstić information content (AvgIpc) is 2.32. The first-order valence-corrected chi connectivity index (χ1v) is 7.04. The van der Waals surface area contributed by atoms with Crippen molar-refractivity contribution in [1.29, 1.82) is 0 Å². The molecule has 2 unspecified atom stereocenters. The van der Waals surface area contributed by atoms with Gasteiger partial charge in [-0.2, -0.15) is 0 Å². The Labute approximate surface area is 104 Å². The minimum atomic E-state index is 0.236. The van der Waals surface area contributed by atoms with Gasteiger partial charge in [0.25, 0.3) is 0 Å². The van der Waals surface area contributed by atoms with Crippen LogP contribution < -0.4 is 0 Å². The van der Waals surface area contributed by atoms with Crippen LogP contribution in [0, 0.1) is 5.41 Å². The summed E-state index contributed by atoms with van der Waals surface area (Å²) < 4.78 is 11.6. The Hall–Kier alpha value is 0.210. The summed E-state index contributed by atoms with van der Waals surface area (Å²) >= 11 is 6.38. The average molecular weight is 247 g/mol. The van der Waals surface area contributed by atoms with Gasteiger partial charge in [-0.1, -0.05) is 13.8 Å². The minimum Gasteiger partial charge on any atom is -0.381 e. The lowest BCUT2D eigenvalue weighted by atomic mass is 9.62. The number of halogens is 1. The first-order chi connectivity index (χ1) is 7.73. The van der Waals surface area contributed by atoms with Crippen LogP contribution in [0.1, 0.15) is 46.0 Å². The van der Waals surface area contributed by atoms with Gasteiger partial charge in [0.2, 0.25) is 0 Å². The van der Waals surface area contributed by atoms with E-state index in [9.17, 15) is 0 Å². The molecule has 0 radical (unpaired) electrons. The highest BCUT2D eigenvalue weighted by atomic mass is 35.5. The molecule has 2 atom stereocenters. The molecule has 1 heterocycles. The highest BCUT2D eigenvalue weighted by Gasteiger charge is 2.53. The lowest BCUT2D eigenvalue weighted by Crippen LogP contribution is -2.56. The van der Waals surface area contributed by atoms with Crippen LogP contribution >= 0.6 is 11.6 Å².